The normalized spacial score (nSPS) is 15.7. The molecule has 0 aliphatic carbocycles. The van der Waals surface area contributed by atoms with Crippen LogP contribution in [0.4, 0.5) is 15.8 Å². The maximum atomic E-state index is 13.3. The van der Waals surface area contributed by atoms with Crippen LogP contribution in [-0.2, 0) is 10.0 Å². The molecular formula is C16H14Cl2FN3O4S. The number of nitro benzene ring substituents is 1. The summed E-state index contributed by atoms with van der Waals surface area (Å²) in [7, 11) is -3.86. The predicted molar refractivity (Wildman–Crippen MR) is 100 cm³/mol. The molecule has 144 valence electrons. The van der Waals surface area contributed by atoms with Gasteiger partial charge in [-0.2, -0.15) is 4.31 Å². The molecule has 0 radical (unpaired) electrons. The average molecular weight is 434 g/mol. The number of sulfonamides is 1. The van der Waals surface area contributed by atoms with Crippen molar-refractivity contribution in [1.29, 1.82) is 0 Å². The Morgan fingerprint density at radius 3 is 2.33 bits per heavy atom. The van der Waals surface area contributed by atoms with Gasteiger partial charge in [0, 0.05) is 31.2 Å². The van der Waals surface area contributed by atoms with Crippen LogP contribution in [-0.4, -0.2) is 43.8 Å². The number of hydrogen-bond donors (Lipinski definition) is 0. The summed E-state index contributed by atoms with van der Waals surface area (Å²) in [4.78, 5) is 12.1. The van der Waals surface area contributed by atoms with Crippen LogP contribution in [0.2, 0.25) is 10.0 Å². The molecule has 0 amide bonds. The maximum absolute atomic E-state index is 13.3. The van der Waals surface area contributed by atoms with Gasteiger partial charge < -0.3 is 4.90 Å². The summed E-state index contributed by atoms with van der Waals surface area (Å²) in [5.41, 5.74) is -0.108. The molecule has 0 bridgehead atoms. The lowest BCUT2D eigenvalue weighted by Crippen LogP contribution is -2.48. The number of rotatable bonds is 4. The summed E-state index contributed by atoms with van der Waals surface area (Å²) in [6.45, 7) is 0.618. The van der Waals surface area contributed by atoms with Crippen LogP contribution in [0.15, 0.2) is 41.3 Å². The van der Waals surface area contributed by atoms with Gasteiger partial charge in [0.25, 0.3) is 5.69 Å². The minimum Gasteiger partial charge on any atom is -0.363 e. The van der Waals surface area contributed by atoms with E-state index in [1.54, 1.807) is 4.90 Å². The van der Waals surface area contributed by atoms with Crippen molar-refractivity contribution in [2.24, 2.45) is 0 Å². The Morgan fingerprint density at radius 2 is 1.70 bits per heavy atom. The molecule has 0 spiro atoms. The average Bonchev–Trinajstić information content (AvgIpc) is 2.63. The Balaban J connectivity index is 1.82. The van der Waals surface area contributed by atoms with E-state index in [2.05, 4.69) is 0 Å². The van der Waals surface area contributed by atoms with Crippen LogP contribution in [0.25, 0.3) is 0 Å². The summed E-state index contributed by atoms with van der Waals surface area (Å²) in [5, 5.41) is 11.5. The van der Waals surface area contributed by atoms with Gasteiger partial charge in [-0.05, 0) is 30.3 Å². The van der Waals surface area contributed by atoms with E-state index in [4.69, 9.17) is 23.2 Å². The summed E-state index contributed by atoms with van der Waals surface area (Å²) >= 11 is 11.9. The third-order valence-corrected chi connectivity index (χ3v) is 6.84. The quantitative estimate of drug-likeness (QED) is 0.543. The molecule has 3 rings (SSSR count). The minimum absolute atomic E-state index is 0.0657. The SMILES string of the molecule is O=[N+]([O-])c1cc(F)ccc1N1CCN(S(=O)(=O)c2cc(Cl)ccc2Cl)CC1. The van der Waals surface area contributed by atoms with E-state index < -0.39 is 20.8 Å². The van der Waals surface area contributed by atoms with Gasteiger partial charge in [0.05, 0.1) is 16.0 Å². The van der Waals surface area contributed by atoms with Crippen LogP contribution >= 0.6 is 23.2 Å². The first kappa shape index (κ1) is 19.8. The maximum Gasteiger partial charge on any atom is 0.295 e. The molecule has 0 saturated carbocycles. The van der Waals surface area contributed by atoms with Crippen LogP contribution in [0, 0.1) is 15.9 Å². The first-order valence-electron chi connectivity index (χ1n) is 7.84. The molecule has 2 aromatic carbocycles. The topological polar surface area (TPSA) is 83.8 Å². The number of benzene rings is 2. The molecule has 1 aliphatic heterocycles. The van der Waals surface area contributed by atoms with E-state index in [9.17, 15) is 22.9 Å². The van der Waals surface area contributed by atoms with Gasteiger partial charge in [0.2, 0.25) is 10.0 Å². The molecule has 1 fully saturated rings. The molecular weight excluding hydrogens is 420 g/mol. The van der Waals surface area contributed by atoms with E-state index in [0.29, 0.717) is 0 Å². The molecule has 11 heteroatoms. The summed E-state index contributed by atoms with van der Waals surface area (Å²) in [6, 6.07) is 7.51. The predicted octanol–water partition coefficient (Wildman–Crippen LogP) is 3.55. The second-order valence-electron chi connectivity index (χ2n) is 5.86. The van der Waals surface area contributed by atoms with Gasteiger partial charge in [0.15, 0.2) is 0 Å². The van der Waals surface area contributed by atoms with Crippen molar-refractivity contribution < 1.29 is 17.7 Å². The number of nitro groups is 1. The lowest BCUT2D eigenvalue weighted by atomic mass is 10.2. The number of nitrogens with zero attached hydrogens (tertiary/aromatic N) is 3. The Labute approximate surface area is 165 Å². The molecule has 7 nitrogen and oxygen atoms in total. The van der Waals surface area contributed by atoms with Gasteiger partial charge in [-0.25, -0.2) is 12.8 Å². The summed E-state index contributed by atoms with van der Waals surface area (Å²) in [6.07, 6.45) is 0. The zero-order chi connectivity index (χ0) is 19.8. The van der Waals surface area contributed by atoms with Crippen molar-refractivity contribution >= 4 is 44.6 Å². The fraction of sp³-hybridized carbons (Fsp3) is 0.250. The highest BCUT2D eigenvalue weighted by Gasteiger charge is 2.32. The minimum atomic E-state index is -3.86. The largest absolute Gasteiger partial charge is 0.363 e. The summed E-state index contributed by atoms with van der Waals surface area (Å²) in [5.74, 6) is -0.706. The first-order valence-corrected chi connectivity index (χ1v) is 10.0. The van der Waals surface area contributed by atoms with Gasteiger partial charge in [-0.15, -0.1) is 0 Å². The molecule has 1 heterocycles. The first-order chi connectivity index (χ1) is 12.7. The zero-order valence-corrected chi connectivity index (χ0v) is 16.1. The van der Waals surface area contributed by atoms with Gasteiger partial charge in [0.1, 0.15) is 16.4 Å². The van der Waals surface area contributed by atoms with Crippen molar-refractivity contribution in [2.45, 2.75) is 4.90 Å². The lowest BCUT2D eigenvalue weighted by Gasteiger charge is -2.35. The van der Waals surface area contributed by atoms with E-state index in [1.807, 2.05) is 0 Å². The van der Waals surface area contributed by atoms with Gasteiger partial charge >= 0.3 is 0 Å². The fourth-order valence-corrected chi connectivity index (χ4v) is 5.05. The third kappa shape index (κ3) is 4.01. The molecule has 27 heavy (non-hydrogen) atoms. The third-order valence-electron chi connectivity index (χ3n) is 4.22. The Hall–Kier alpha value is -1.94. The van der Waals surface area contributed by atoms with Crippen molar-refractivity contribution in [2.75, 3.05) is 31.1 Å². The molecule has 1 saturated heterocycles. The van der Waals surface area contributed by atoms with E-state index in [-0.39, 0.29) is 52.5 Å². The standard InChI is InChI=1S/C16H14Cl2FN3O4S/c17-11-1-3-13(18)16(9-11)27(25,26)21-7-5-20(6-8-21)14-4-2-12(19)10-15(14)22(23)24/h1-4,9-10H,5-8H2. The number of halogens is 3. The summed E-state index contributed by atoms with van der Waals surface area (Å²) < 4.78 is 40.2. The number of piperazine rings is 1. The number of hydrogen-bond acceptors (Lipinski definition) is 5. The van der Waals surface area contributed by atoms with Gasteiger partial charge in [-0.3, -0.25) is 10.1 Å². The molecule has 2 aromatic rings. The lowest BCUT2D eigenvalue weighted by molar-refractivity contribution is -0.384. The van der Waals surface area contributed by atoms with E-state index >= 15 is 0 Å². The number of anilines is 1. The molecule has 0 unspecified atom stereocenters. The van der Waals surface area contributed by atoms with Crippen molar-refractivity contribution in [1.82, 2.24) is 4.31 Å². The second-order valence-corrected chi connectivity index (χ2v) is 8.61. The van der Waals surface area contributed by atoms with Crippen molar-refractivity contribution in [3.05, 3.63) is 62.4 Å². The van der Waals surface area contributed by atoms with Crippen LogP contribution < -0.4 is 4.90 Å². The smallest absolute Gasteiger partial charge is 0.295 e. The molecule has 0 aromatic heterocycles. The Kier molecular flexibility index (Phi) is 5.57. The van der Waals surface area contributed by atoms with Gasteiger partial charge in [-0.1, -0.05) is 23.2 Å². The highest BCUT2D eigenvalue weighted by molar-refractivity contribution is 7.89. The monoisotopic (exact) mass is 433 g/mol. The highest BCUT2D eigenvalue weighted by atomic mass is 35.5. The highest BCUT2D eigenvalue weighted by Crippen LogP contribution is 2.32. The molecule has 1 aliphatic rings. The van der Waals surface area contributed by atoms with E-state index in [0.717, 1.165) is 12.1 Å². The van der Waals surface area contributed by atoms with Crippen molar-refractivity contribution in [3.63, 3.8) is 0 Å². The Morgan fingerprint density at radius 1 is 1.04 bits per heavy atom. The van der Waals surface area contributed by atoms with E-state index in [1.165, 1.54) is 28.6 Å². The fourth-order valence-electron chi connectivity index (χ4n) is 2.89. The zero-order valence-electron chi connectivity index (χ0n) is 13.8. The molecule has 0 atom stereocenters. The molecule has 0 N–H and O–H groups in total. The second kappa shape index (κ2) is 7.59. The van der Waals surface area contributed by atoms with Crippen LogP contribution in [0.5, 0.6) is 0 Å². The Bertz CT molecular complexity index is 995. The van der Waals surface area contributed by atoms with Crippen LogP contribution in [0.3, 0.4) is 0 Å². The van der Waals surface area contributed by atoms with Crippen molar-refractivity contribution in [3.8, 4) is 0 Å². The van der Waals surface area contributed by atoms with Crippen LogP contribution in [0.1, 0.15) is 0 Å².